The zero-order valence-electron chi connectivity index (χ0n) is 17.6. The van der Waals surface area contributed by atoms with Crippen LogP contribution in [-0.2, 0) is 11.4 Å². The molecule has 0 bridgehead atoms. The van der Waals surface area contributed by atoms with E-state index in [1.54, 1.807) is 29.2 Å². The van der Waals surface area contributed by atoms with Crippen molar-refractivity contribution in [2.24, 2.45) is 0 Å². The molecule has 2 aliphatic rings. The predicted molar refractivity (Wildman–Crippen MR) is 131 cm³/mol. The number of thiocarbonyl (C=S) groups is 1. The molecule has 1 aliphatic carbocycles. The maximum atomic E-state index is 14.1. The zero-order valence-corrected chi connectivity index (χ0v) is 20.0. The van der Waals surface area contributed by atoms with Crippen molar-refractivity contribution >= 4 is 51.9 Å². The number of amides is 1. The first-order valence-electron chi connectivity index (χ1n) is 10.5. The summed E-state index contributed by atoms with van der Waals surface area (Å²) in [5.41, 5.74) is 1.04. The minimum atomic E-state index is -0.431. The van der Waals surface area contributed by atoms with Crippen molar-refractivity contribution in [3.05, 3.63) is 63.3 Å². The second-order valence-corrected chi connectivity index (χ2v) is 9.83. The predicted octanol–water partition coefficient (Wildman–Crippen LogP) is 6.60. The molecular formula is C24H23ClFNO3S2. The number of hydrogen-bond acceptors (Lipinski definition) is 5. The van der Waals surface area contributed by atoms with Gasteiger partial charge in [0, 0.05) is 11.6 Å². The minimum absolute atomic E-state index is 0.0386. The Balaban J connectivity index is 1.55. The quantitative estimate of drug-likeness (QED) is 0.336. The Labute approximate surface area is 201 Å². The van der Waals surface area contributed by atoms with E-state index in [2.05, 4.69) is 0 Å². The molecule has 0 N–H and O–H groups in total. The van der Waals surface area contributed by atoms with E-state index in [4.69, 9.17) is 33.3 Å². The summed E-state index contributed by atoms with van der Waals surface area (Å²) in [5, 5.41) is 0.298. The van der Waals surface area contributed by atoms with Gasteiger partial charge in [0.2, 0.25) is 0 Å². The van der Waals surface area contributed by atoms with Crippen LogP contribution in [0, 0.1) is 5.82 Å². The fourth-order valence-corrected chi connectivity index (χ4v) is 5.62. The average molecular weight is 492 g/mol. The molecule has 0 aromatic heterocycles. The van der Waals surface area contributed by atoms with E-state index < -0.39 is 5.82 Å². The third-order valence-corrected chi connectivity index (χ3v) is 7.37. The number of rotatable bonds is 6. The van der Waals surface area contributed by atoms with Crippen LogP contribution >= 0.6 is 35.6 Å². The van der Waals surface area contributed by atoms with E-state index in [1.165, 1.54) is 31.4 Å². The number of carbonyl (C=O) groups is 1. The normalized spacial score (nSPS) is 18.5. The van der Waals surface area contributed by atoms with E-state index in [1.807, 2.05) is 12.1 Å². The van der Waals surface area contributed by atoms with Crippen LogP contribution in [0.3, 0.4) is 0 Å². The van der Waals surface area contributed by atoms with Crippen LogP contribution in [0.15, 0.2) is 41.3 Å². The van der Waals surface area contributed by atoms with E-state index in [-0.39, 0.29) is 24.1 Å². The highest BCUT2D eigenvalue weighted by atomic mass is 35.5. The maximum absolute atomic E-state index is 14.1. The zero-order chi connectivity index (χ0) is 22.7. The first-order valence-corrected chi connectivity index (χ1v) is 12.1. The van der Waals surface area contributed by atoms with Gasteiger partial charge >= 0.3 is 0 Å². The van der Waals surface area contributed by atoms with Gasteiger partial charge in [0.15, 0.2) is 11.5 Å². The van der Waals surface area contributed by atoms with Gasteiger partial charge in [-0.3, -0.25) is 9.69 Å². The van der Waals surface area contributed by atoms with Gasteiger partial charge in [0.1, 0.15) is 16.7 Å². The minimum Gasteiger partial charge on any atom is -0.493 e. The molecule has 1 saturated carbocycles. The lowest BCUT2D eigenvalue weighted by molar-refractivity contribution is -0.124. The van der Waals surface area contributed by atoms with E-state index in [0.717, 1.165) is 31.2 Å². The van der Waals surface area contributed by atoms with Gasteiger partial charge in [-0.15, -0.1) is 0 Å². The third kappa shape index (κ3) is 4.95. The fraction of sp³-hybridized carbons (Fsp3) is 0.333. The molecule has 32 heavy (non-hydrogen) atoms. The van der Waals surface area contributed by atoms with Gasteiger partial charge < -0.3 is 9.47 Å². The summed E-state index contributed by atoms with van der Waals surface area (Å²) in [6, 6.07) is 10.1. The molecule has 0 atom stereocenters. The van der Waals surface area contributed by atoms with Gasteiger partial charge in [-0.1, -0.05) is 67.0 Å². The Kier molecular flexibility index (Phi) is 7.38. The molecule has 0 spiro atoms. The fourth-order valence-electron chi connectivity index (χ4n) is 4.00. The molecule has 4 rings (SSSR count). The number of thioether (sulfide) groups is 1. The number of hydrogen-bond donors (Lipinski definition) is 0. The number of carbonyl (C=O) groups excluding carboxylic acids is 1. The summed E-state index contributed by atoms with van der Waals surface area (Å²) in [4.78, 5) is 15.4. The summed E-state index contributed by atoms with van der Waals surface area (Å²) in [5.74, 6) is 0.468. The van der Waals surface area contributed by atoms with Crippen LogP contribution < -0.4 is 9.47 Å². The Morgan fingerprint density at radius 3 is 2.72 bits per heavy atom. The van der Waals surface area contributed by atoms with Crippen LogP contribution in [0.2, 0.25) is 5.02 Å². The lowest BCUT2D eigenvalue weighted by Gasteiger charge is -2.29. The number of methoxy groups -OCH3 is 1. The van der Waals surface area contributed by atoms with E-state index in [0.29, 0.717) is 25.7 Å². The van der Waals surface area contributed by atoms with Gasteiger partial charge in [0.05, 0.1) is 17.0 Å². The molecule has 0 unspecified atom stereocenters. The third-order valence-electron chi connectivity index (χ3n) is 5.68. The second-order valence-electron chi connectivity index (χ2n) is 7.74. The molecule has 4 nitrogen and oxygen atoms in total. The molecule has 1 saturated heterocycles. The maximum Gasteiger partial charge on any atom is 0.266 e. The number of halogens is 2. The Bertz CT molecular complexity index is 1050. The van der Waals surface area contributed by atoms with Crippen molar-refractivity contribution in [1.29, 1.82) is 0 Å². The molecule has 1 aliphatic heterocycles. The summed E-state index contributed by atoms with van der Waals surface area (Å²) in [6.45, 7) is -0.0465. The molecule has 168 valence electrons. The number of ether oxygens (including phenoxy) is 2. The van der Waals surface area contributed by atoms with Crippen LogP contribution in [0.25, 0.3) is 6.08 Å². The molecule has 1 amide bonds. The van der Waals surface area contributed by atoms with Crippen molar-refractivity contribution in [2.45, 2.75) is 44.8 Å². The highest BCUT2D eigenvalue weighted by Gasteiger charge is 2.37. The molecular weight excluding hydrogens is 469 g/mol. The van der Waals surface area contributed by atoms with E-state index in [9.17, 15) is 9.18 Å². The highest BCUT2D eigenvalue weighted by molar-refractivity contribution is 8.26. The molecule has 8 heteroatoms. The standard InChI is InChI=1S/C24H23ClFNO3S2/c1-29-20-11-10-15(12-21(20)30-14-17-18(25)8-5-9-19(17)26)13-22-23(28)27(24(31)32-22)16-6-3-2-4-7-16/h5,8-13,16H,2-4,6-7,14H2,1H3/b22-13+. The molecule has 2 fully saturated rings. The van der Waals surface area contributed by atoms with Crippen molar-refractivity contribution < 1.29 is 18.7 Å². The first kappa shape index (κ1) is 23.1. The largest absolute Gasteiger partial charge is 0.493 e. The Morgan fingerprint density at radius 1 is 1.22 bits per heavy atom. The van der Waals surface area contributed by atoms with Gasteiger partial charge in [-0.25, -0.2) is 4.39 Å². The SMILES string of the molecule is COc1ccc(/C=C2/SC(=S)N(C3CCCCC3)C2=O)cc1OCc1c(F)cccc1Cl. The van der Waals surface area contributed by atoms with Gasteiger partial charge in [0.25, 0.3) is 5.91 Å². The smallest absolute Gasteiger partial charge is 0.266 e. The van der Waals surface area contributed by atoms with Gasteiger partial charge in [-0.2, -0.15) is 0 Å². The summed E-state index contributed by atoms with van der Waals surface area (Å²) >= 11 is 12.9. The number of benzene rings is 2. The topological polar surface area (TPSA) is 38.8 Å². The van der Waals surface area contributed by atoms with Crippen LogP contribution in [0.5, 0.6) is 11.5 Å². The molecule has 0 radical (unpaired) electrons. The van der Waals surface area contributed by atoms with Crippen molar-refractivity contribution in [1.82, 2.24) is 4.90 Å². The Morgan fingerprint density at radius 2 is 2.00 bits per heavy atom. The lowest BCUT2D eigenvalue weighted by Crippen LogP contribution is -2.39. The van der Waals surface area contributed by atoms with Crippen molar-refractivity contribution in [2.75, 3.05) is 7.11 Å². The number of nitrogens with zero attached hydrogens (tertiary/aromatic N) is 1. The molecule has 1 heterocycles. The molecule has 2 aromatic rings. The van der Waals surface area contributed by atoms with Crippen LogP contribution in [-0.4, -0.2) is 28.3 Å². The van der Waals surface area contributed by atoms with Crippen molar-refractivity contribution in [3.63, 3.8) is 0 Å². The Hall–Kier alpha value is -2.09. The monoisotopic (exact) mass is 491 g/mol. The average Bonchev–Trinajstić information content (AvgIpc) is 3.07. The second kappa shape index (κ2) is 10.2. The van der Waals surface area contributed by atoms with E-state index >= 15 is 0 Å². The summed E-state index contributed by atoms with van der Waals surface area (Å²) < 4.78 is 25.9. The highest BCUT2D eigenvalue weighted by Crippen LogP contribution is 2.38. The van der Waals surface area contributed by atoms with Crippen molar-refractivity contribution in [3.8, 4) is 11.5 Å². The van der Waals surface area contributed by atoms with Crippen LogP contribution in [0.1, 0.15) is 43.2 Å². The van der Waals surface area contributed by atoms with Gasteiger partial charge in [-0.05, 0) is 48.7 Å². The summed E-state index contributed by atoms with van der Waals surface area (Å²) in [6.07, 6.45) is 7.29. The first-order chi connectivity index (χ1) is 15.5. The lowest BCUT2D eigenvalue weighted by atomic mass is 9.94. The molecule has 2 aromatic carbocycles. The summed E-state index contributed by atoms with van der Waals surface area (Å²) in [7, 11) is 1.53. The van der Waals surface area contributed by atoms with Crippen LogP contribution in [0.4, 0.5) is 4.39 Å².